The molecule has 0 aromatic heterocycles. The maximum absolute atomic E-state index is 12.2. The van der Waals surface area contributed by atoms with Crippen molar-refractivity contribution in [2.75, 3.05) is 6.54 Å². The van der Waals surface area contributed by atoms with Crippen molar-refractivity contribution in [3.63, 3.8) is 0 Å². The highest BCUT2D eigenvalue weighted by Crippen LogP contribution is 2.25. The molecule has 0 radical (unpaired) electrons. The van der Waals surface area contributed by atoms with Gasteiger partial charge < -0.3 is 10.2 Å². The van der Waals surface area contributed by atoms with Crippen LogP contribution in [0.5, 0.6) is 5.75 Å². The van der Waals surface area contributed by atoms with Gasteiger partial charge in [-0.3, -0.25) is 0 Å². The number of unbranched alkanes of at least 4 members (excludes halogenated alkanes) is 3. The number of carbonyl (C=O) groups is 1. The van der Waals surface area contributed by atoms with E-state index in [4.69, 9.17) is 5.11 Å². The summed E-state index contributed by atoms with van der Waals surface area (Å²) in [5.74, 6) is -1.81. The van der Waals surface area contributed by atoms with Crippen molar-refractivity contribution >= 4 is 16.0 Å². The second kappa shape index (κ2) is 7.42. The molecule has 0 aliphatic heterocycles. The molecule has 6 nitrogen and oxygen atoms in total. The second-order valence-corrected chi connectivity index (χ2v) is 6.63. The average Bonchev–Trinajstić information content (AvgIpc) is 2.37. The SMILES string of the molecule is CCCCCCNS(=O)(=O)c1cc(C(=O)O)c(O)cc1C. The number of benzene rings is 1. The van der Waals surface area contributed by atoms with E-state index in [1.807, 2.05) is 0 Å². The van der Waals surface area contributed by atoms with Gasteiger partial charge in [-0.2, -0.15) is 0 Å². The standard InChI is InChI=1S/C14H21NO5S/c1-3-4-5-6-7-15-21(19,20)13-9-11(14(17)18)12(16)8-10(13)2/h8-9,15-16H,3-7H2,1-2H3,(H,17,18). The second-order valence-electron chi connectivity index (χ2n) is 4.90. The maximum atomic E-state index is 12.2. The summed E-state index contributed by atoms with van der Waals surface area (Å²) in [5.41, 5.74) is -0.120. The van der Waals surface area contributed by atoms with Crippen molar-refractivity contribution in [3.05, 3.63) is 23.3 Å². The molecule has 0 amide bonds. The minimum atomic E-state index is -3.78. The third-order valence-electron chi connectivity index (χ3n) is 3.14. The van der Waals surface area contributed by atoms with Crippen molar-refractivity contribution in [1.29, 1.82) is 0 Å². The van der Waals surface area contributed by atoms with Gasteiger partial charge in [0, 0.05) is 6.54 Å². The van der Waals surface area contributed by atoms with E-state index >= 15 is 0 Å². The summed E-state index contributed by atoms with van der Waals surface area (Å²) in [6.07, 6.45) is 3.78. The Hall–Kier alpha value is -1.60. The fraction of sp³-hybridized carbons (Fsp3) is 0.500. The molecule has 3 N–H and O–H groups in total. The van der Waals surface area contributed by atoms with Crippen LogP contribution >= 0.6 is 0 Å². The van der Waals surface area contributed by atoms with Crippen LogP contribution in [0.15, 0.2) is 17.0 Å². The van der Waals surface area contributed by atoms with Crippen LogP contribution in [-0.4, -0.2) is 31.1 Å². The lowest BCUT2D eigenvalue weighted by atomic mass is 10.1. The van der Waals surface area contributed by atoms with Gasteiger partial charge in [0.2, 0.25) is 10.0 Å². The number of phenols is 1. The zero-order valence-corrected chi connectivity index (χ0v) is 13.0. The molecule has 1 aromatic rings. The molecule has 1 rings (SSSR count). The number of sulfonamides is 1. The lowest BCUT2D eigenvalue weighted by Crippen LogP contribution is -2.25. The van der Waals surface area contributed by atoms with Gasteiger partial charge in [-0.25, -0.2) is 17.9 Å². The first-order valence-electron chi connectivity index (χ1n) is 6.86. The average molecular weight is 315 g/mol. The molecular formula is C14H21NO5S. The van der Waals surface area contributed by atoms with Gasteiger partial charge in [-0.15, -0.1) is 0 Å². The quantitative estimate of drug-likeness (QED) is 0.638. The largest absolute Gasteiger partial charge is 0.507 e. The molecule has 0 unspecified atom stereocenters. The van der Waals surface area contributed by atoms with Gasteiger partial charge in [-0.05, 0) is 31.0 Å². The number of aromatic hydroxyl groups is 1. The zero-order chi connectivity index (χ0) is 16.0. The van der Waals surface area contributed by atoms with Gasteiger partial charge in [0.05, 0.1) is 4.90 Å². The number of carboxylic acid groups (broad SMARTS) is 1. The Morgan fingerprint density at radius 3 is 2.48 bits per heavy atom. The minimum Gasteiger partial charge on any atom is -0.507 e. The number of nitrogens with one attached hydrogen (secondary N) is 1. The molecule has 7 heteroatoms. The lowest BCUT2D eigenvalue weighted by molar-refractivity contribution is 0.0693. The topological polar surface area (TPSA) is 104 Å². The first-order valence-corrected chi connectivity index (χ1v) is 8.34. The molecule has 21 heavy (non-hydrogen) atoms. The predicted molar refractivity (Wildman–Crippen MR) is 79.1 cm³/mol. The summed E-state index contributed by atoms with van der Waals surface area (Å²) in [6.45, 7) is 3.89. The van der Waals surface area contributed by atoms with Crippen LogP contribution in [0.3, 0.4) is 0 Å². The first-order chi connectivity index (χ1) is 9.79. The molecule has 0 aliphatic rings. The summed E-state index contributed by atoms with van der Waals surface area (Å²) in [6, 6.07) is 2.14. The van der Waals surface area contributed by atoms with Crippen LogP contribution in [0.4, 0.5) is 0 Å². The smallest absolute Gasteiger partial charge is 0.339 e. The molecule has 0 atom stereocenters. The Morgan fingerprint density at radius 1 is 1.24 bits per heavy atom. The number of rotatable bonds is 8. The highest BCUT2D eigenvalue weighted by Gasteiger charge is 2.21. The van der Waals surface area contributed by atoms with Crippen LogP contribution in [-0.2, 0) is 10.0 Å². The van der Waals surface area contributed by atoms with Gasteiger partial charge >= 0.3 is 5.97 Å². The Balaban J connectivity index is 2.92. The van der Waals surface area contributed by atoms with Crippen LogP contribution in [0, 0.1) is 6.92 Å². The number of carboxylic acids is 1. The number of aromatic carboxylic acids is 1. The highest BCUT2D eigenvalue weighted by atomic mass is 32.2. The van der Waals surface area contributed by atoms with Crippen molar-refractivity contribution < 1.29 is 23.4 Å². The Labute approximate surface area is 124 Å². The molecule has 0 fully saturated rings. The fourth-order valence-corrected chi connectivity index (χ4v) is 3.29. The highest BCUT2D eigenvalue weighted by molar-refractivity contribution is 7.89. The number of aryl methyl sites for hydroxylation is 1. The Bertz CT molecular complexity index is 610. The van der Waals surface area contributed by atoms with E-state index in [0.29, 0.717) is 12.1 Å². The number of hydrogen-bond donors (Lipinski definition) is 3. The van der Waals surface area contributed by atoms with Crippen molar-refractivity contribution in [3.8, 4) is 5.75 Å². The van der Waals surface area contributed by atoms with Crippen LogP contribution < -0.4 is 4.72 Å². The summed E-state index contributed by atoms with van der Waals surface area (Å²) >= 11 is 0. The summed E-state index contributed by atoms with van der Waals surface area (Å²) in [4.78, 5) is 10.9. The van der Waals surface area contributed by atoms with E-state index in [1.54, 1.807) is 0 Å². The van der Waals surface area contributed by atoms with Crippen molar-refractivity contribution in [1.82, 2.24) is 4.72 Å². The Kier molecular flexibility index (Phi) is 6.17. The molecule has 0 saturated carbocycles. The zero-order valence-electron chi connectivity index (χ0n) is 12.2. The van der Waals surface area contributed by atoms with Crippen LogP contribution in [0.25, 0.3) is 0 Å². The molecule has 0 heterocycles. The molecule has 1 aromatic carbocycles. The van der Waals surface area contributed by atoms with E-state index in [9.17, 15) is 18.3 Å². The molecule has 0 saturated heterocycles. The maximum Gasteiger partial charge on any atom is 0.339 e. The minimum absolute atomic E-state index is 0.117. The lowest BCUT2D eigenvalue weighted by Gasteiger charge is -2.11. The third-order valence-corrected chi connectivity index (χ3v) is 4.74. The molecular weight excluding hydrogens is 294 g/mol. The van der Waals surface area contributed by atoms with Gasteiger partial charge in [0.15, 0.2) is 0 Å². The molecule has 0 aliphatic carbocycles. The third kappa shape index (κ3) is 4.71. The first kappa shape index (κ1) is 17.5. The van der Waals surface area contributed by atoms with E-state index in [2.05, 4.69) is 11.6 Å². The summed E-state index contributed by atoms with van der Waals surface area (Å²) in [5, 5.41) is 18.5. The molecule has 0 bridgehead atoms. The van der Waals surface area contributed by atoms with E-state index in [-0.39, 0.29) is 4.90 Å². The predicted octanol–water partition coefficient (Wildman–Crippen LogP) is 2.26. The van der Waals surface area contributed by atoms with Crippen LogP contribution in [0.2, 0.25) is 0 Å². The van der Waals surface area contributed by atoms with E-state index in [0.717, 1.165) is 37.8 Å². The van der Waals surface area contributed by atoms with E-state index in [1.165, 1.54) is 6.92 Å². The normalized spacial score (nSPS) is 11.5. The van der Waals surface area contributed by atoms with Gasteiger partial charge in [-0.1, -0.05) is 26.2 Å². The number of hydrogen-bond acceptors (Lipinski definition) is 4. The fourth-order valence-electron chi connectivity index (χ4n) is 1.97. The van der Waals surface area contributed by atoms with Gasteiger partial charge in [0.1, 0.15) is 11.3 Å². The van der Waals surface area contributed by atoms with Gasteiger partial charge in [0.25, 0.3) is 0 Å². The molecule has 0 spiro atoms. The van der Waals surface area contributed by atoms with Crippen molar-refractivity contribution in [2.24, 2.45) is 0 Å². The summed E-state index contributed by atoms with van der Waals surface area (Å²) < 4.78 is 26.8. The monoisotopic (exact) mass is 315 g/mol. The summed E-state index contributed by atoms with van der Waals surface area (Å²) in [7, 11) is -3.78. The molecule has 118 valence electrons. The van der Waals surface area contributed by atoms with E-state index < -0.39 is 27.3 Å². The Morgan fingerprint density at radius 2 is 1.90 bits per heavy atom. The van der Waals surface area contributed by atoms with Crippen LogP contribution in [0.1, 0.15) is 48.5 Å². The van der Waals surface area contributed by atoms with Crippen molar-refractivity contribution in [2.45, 2.75) is 44.4 Å².